The minimum absolute atomic E-state index is 0.0210. The summed E-state index contributed by atoms with van der Waals surface area (Å²) in [4.78, 5) is 10.5. The number of primary amides is 1. The Hall–Kier alpha value is -0.920. The topological polar surface area (TPSA) is 118 Å². The average molecular weight is 223 g/mol. The van der Waals surface area contributed by atoms with Crippen LogP contribution >= 0.6 is 0 Å². The Kier molecular flexibility index (Phi) is 4.75. The van der Waals surface area contributed by atoms with Gasteiger partial charge in [0.1, 0.15) is 0 Å². The second kappa shape index (κ2) is 5.08. The number of rotatable bonds is 6. The molecular weight excluding hydrogens is 210 g/mol. The molecule has 0 saturated carbocycles. The molecule has 6 nitrogen and oxygen atoms in total. The number of hydrogen-bond acceptors (Lipinski definition) is 4. The van der Waals surface area contributed by atoms with Gasteiger partial charge < -0.3 is 10.8 Å². The third-order valence-electron chi connectivity index (χ3n) is 1.59. The Morgan fingerprint density at radius 2 is 2.00 bits per heavy atom. The van der Waals surface area contributed by atoms with Crippen LogP contribution in [0.1, 0.15) is 6.42 Å². The first-order valence-electron chi connectivity index (χ1n) is 3.80. The summed E-state index contributed by atoms with van der Waals surface area (Å²) < 4.78 is 29.4. The van der Waals surface area contributed by atoms with Crippen LogP contribution in [0.15, 0.2) is 12.2 Å². The molecule has 4 N–H and O–H groups in total. The van der Waals surface area contributed by atoms with E-state index in [2.05, 4.69) is 6.58 Å². The van der Waals surface area contributed by atoms with Gasteiger partial charge in [0.25, 0.3) is 10.1 Å². The maximum Gasteiger partial charge on any atom is 0.265 e. The summed E-state index contributed by atoms with van der Waals surface area (Å²) in [5, 5.41) is 8.75. The molecule has 0 radical (unpaired) electrons. The molecule has 0 aromatic rings. The van der Waals surface area contributed by atoms with Gasteiger partial charge in [-0.2, -0.15) is 8.42 Å². The van der Waals surface area contributed by atoms with Gasteiger partial charge in [-0.3, -0.25) is 9.35 Å². The number of aliphatic hydroxyl groups excluding tert-OH is 1. The quantitative estimate of drug-likeness (QED) is 0.391. The van der Waals surface area contributed by atoms with Crippen molar-refractivity contribution in [3.8, 4) is 0 Å². The van der Waals surface area contributed by atoms with Crippen LogP contribution in [0, 0.1) is 5.92 Å². The van der Waals surface area contributed by atoms with Crippen molar-refractivity contribution >= 4 is 16.0 Å². The Morgan fingerprint density at radius 1 is 1.50 bits per heavy atom. The Morgan fingerprint density at radius 3 is 2.29 bits per heavy atom. The van der Waals surface area contributed by atoms with Crippen molar-refractivity contribution in [2.75, 3.05) is 12.4 Å². The predicted octanol–water partition coefficient (Wildman–Crippen LogP) is -1.09. The van der Waals surface area contributed by atoms with Gasteiger partial charge in [-0.15, -0.1) is 0 Å². The first-order valence-corrected chi connectivity index (χ1v) is 5.40. The highest BCUT2D eigenvalue weighted by Crippen LogP contribution is 2.11. The SMILES string of the molecule is C=C(CC(CO)CS(=O)(=O)O)C(N)=O. The van der Waals surface area contributed by atoms with Crippen molar-refractivity contribution in [2.45, 2.75) is 6.42 Å². The van der Waals surface area contributed by atoms with Gasteiger partial charge in [-0.05, 0) is 6.42 Å². The molecule has 0 bridgehead atoms. The molecule has 0 aromatic carbocycles. The Labute approximate surface area is 82.2 Å². The van der Waals surface area contributed by atoms with Gasteiger partial charge in [0.2, 0.25) is 5.91 Å². The molecule has 82 valence electrons. The lowest BCUT2D eigenvalue weighted by Gasteiger charge is -2.11. The standard InChI is InChI=1S/C7H13NO5S/c1-5(7(8)10)2-6(3-9)4-14(11,12)13/h6,9H,1-4H2,(H2,8,10)(H,11,12,13). The van der Waals surface area contributed by atoms with E-state index < -0.39 is 34.3 Å². The second-order valence-corrected chi connectivity index (χ2v) is 4.47. The average Bonchev–Trinajstić information content (AvgIpc) is 2.00. The van der Waals surface area contributed by atoms with Crippen molar-refractivity contribution in [1.29, 1.82) is 0 Å². The summed E-state index contributed by atoms with van der Waals surface area (Å²) in [6.07, 6.45) is -0.0500. The first kappa shape index (κ1) is 13.1. The van der Waals surface area contributed by atoms with E-state index in [9.17, 15) is 13.2 Å². The van der Waals surface area contributed by atoms with Crippen LogP contribution < -0.4 is 5.73 Å². The number of hydrogen-bond donors (Lipinski definition) is 3. The van der Waals surface area contributed by atoms with Crippen LogP contribution in [-0.2, 0) is 14.9 Å². The lowest BCUT2D eigenvalue weighted by atomic mass is 10.0. The van der Waals surface area contributed by atoms with Gasteiger partial charge in [0.15, 0.2) is 0 Å². The summed E-state index contributed by atoms with van der Waals surface area (Å²) in [7, 11) is -4.16. The number of nitrogens with two attached hydrogens (primary N) is 1. The molecular formula is C7H13NO5S. The first-order chi connectivity index (χ1) is 6.26. The molecule has 0 saturated heterocycles. The molecule has 1 amide bonds. The molecule has 0 aliphatic rings. The highest BCUT2D eigenvalue weighted by molar-refractivity contribution is 7.85. The third-order valence-corrected chi connectivity index (χ3v) is 2.48. The van der Waals surface area contributed by atoms with Gasteiger partial charge in [0, 0.05) is 18.1 Å². The molecule has 14 heavy (non-hydrogen) atoms. The van der Waals surface area contributed by atoms with E-state index in [0.717, 1.165) is 0 Å². The predicted molar refractivity (Wildman–Crippen MR) is 49.9 cm³/mol. The summed E-state index contributed by atoms with van der Waals surface area (Å²) in [5.74, 6) is -2.13. The Bertz CT molecular complexity index is 321. The highest BCUT2D eigenvalue weighted by Gasteiger charge is 2.18. The van der Waals surface area contributed by atoms with Gasteiger partial charge in [-0.1, -0.05) is 6.58 Å². The molecule has 0 spiro atoms. The zero-order valence-corrected chi connectivity index (χ0v) is 8.33. The van der Waals surface area contributed by atoms with E-state index in [1.807, 2.05) is 0 Å². The van der Waals surface area contributed by atoms with Crippen LogP contribution in [0.5, 0.6) is 0 Å². The molecule has 0 fully saturated rings. The normalized spacial score (nSPS) is 13.6. The summed E-state index contributed by atoms with van der Waals surface area (Å²) in [6, 6.07) is 0. The smallest absolute Gasteiger partial charge is 0.265 e. The van der Waals surface area contributed by atoms with E-state index in [-0.39, 0.29) is 12.0 Å². The fourth-order valence-corrected chi connectivity index (χ4v) is 1.74. The van der Waals surface area contributed by atoms with Gasteiger partial charge in [-0.25, -0.2) is 0 Å². The van der Waals surface area contributed by atoms with Crippen molar-refractivity contribution in [1.82, 2.24) is 0 Å². The van der Waals surface area contributed by atoms with Crippen molar-refractivity contribution in [2.24, 2.45) is 11.7 Å². The van der Waals surface area contributed by atoms with E-state index >= 15 is 0 Å². The largest absolute Gasteiger partial charge is 0.396 e. The second-order valence-electron chi connectivity index (χ2n) is 2.97. The summed E-state index contributed by atoms with van der Waals surface area (Å²) in [6.45, 7) is 2.84. The number of aliphatic hydroxyl groups is 1. The van der Waals surface area contributed by atoms with Crippen LogP contribution in [0.2, 0.25) is 0 Å². The van der Waals surface area contributed by atoms with Crippen molar-refractivity contribution < 1.29 is 22.9 Å². The minimum Gasteiger partial charge on any atom is -0.396 e. The van der Waals surface area contributed by atoms with Crippen LogP contribution in [-0.4, -0.2) is 36.3 Å². The van der Waals surface area contributed by atoms with Crippen LogP contribution in [0.4, 0.5) is 0 Å². The summed E-state index contributed by atoms with van der Waals surface area (Å²) >= 11 is 0. The molecule has 0 aromatic heterocycles. The van der Waals surface area contributed by atoms with Gasteiger partial charge in [0.05, 0.1) is 5.75 Å². The van der Waals surface area contributed by atoms with E-state index in [1.165, 1.54) is 0 Å². The van der Waals surface area contributed by atoms with E-state index in [0.29, 0.717) is 0 Å². The number of amides is 1. The maximum atomic E-state index is 10.5. The van der Waals surface area contributed by atoms with Gasteiger partial charge >= 0.3 is 0 Å². The molecule has 7 heteroatoms. The van der Waals surface area contributed by atoms with Crippen LogP contribution in [0.25, 0.3) is 0 Å². The minimum atomic E-state index is -4.16. The molecule has 1 unspecified atom stereocenters. The zero-order valence-electron chi connectivity index (χ0n) is 7.51. The number of carbonyl (C=O) groups is 1. The summed E-state index contributed by atoms with van der Waals surface area (Å²) in [5.41, 5.74) is 4.89. The van der Waals surface area contributed by atoms with Crippen LogP contribution in [0.3, 0.4) is 0 Å². The lowest BCUT2D eigenvalue weighted by Crippen LogP contribution is -2.23. The van der Waals surface area contributed by atoms with Crippen molar-refractivity contribution in [3.05, 3.63) is 12.2 Å². The molecule has 0 aliphatic carbocycles. The number of carbonyl (C=O) groups excluding carboxylic acids is 1. The maximum absolute atomic E-state index is 10.5. The Balaban J connectivity index is 4.31. The van der Waals surface area contributed by atoms with Crippen molar-refractivity contribution in [3.63, 3.8) is 0 Å². The molecule has 0 aliphatic heterocycles. The monoisotopic (exact) mass is 223 g/mol. The highest BCUT2D eigenvalue weighted by atomic mass is 32.2. The van der Waals surface area contributed by atoms with E-state index in [1.54, 1.807) is 0 Å². The molecule has 0 heterocycles. The fourth-order valence-electron chi connectivity index (χ4n) is 0.923. The molecule has 1 atom stereocenters. The zero-order chi connectivity index (χ0) is 11.4. The third kappa shape index (κ3) is 5.68. The fraction of sp³-hybridized carbons (Fsp3) is 0.571. The molecule has 0 rings (SSSR count). The van der Waals surface area contributed by atoms with E-state index in [4.69, 9.17) is 15.4 Å². The lowest BCUT2D eigenvalue weighted by molar-refractivity contribution is -0.114.